The Labute approximate surface area is 778 Å². The van der Waals surface area contributed by atoms with E-state index in [4.69, 9.17) is 34.9 Å². The fourth-order valence-corrected chi connectivity index (χ4v) is 20.4. The van der Waals surface area contributed by atoms with Gasteiger partial charge < -0.3 is 0 Å². The third kappa shape index (κ3) is 14.3. The van der Waals surface area contributed by atoms with Crippen molar-refractivity contribution in [3.8, 4) is 191 Å². The van der Waals surface area contributed by atoms with Gasteiger partial charge in [0.15, 0.2) is 34.9 Å². The van der Waals surface area contributed by atoms with Crippen LogP contribution < -0.4 is 0 Å². The predicted octanol–water partition coefficient (Wildman–Crippen LogP) is 30.6. The molecule has 1 spiro atoms. The lowest BCUT2D eigenvalue weighted by molar-refractivity contribution is 0.769. The average molecular weight is 1710 g/mol. The van der Waals surface area contributed by atoms with E-state index in [2.05, 4.69) is 381 Å². The summed E-state index contributed by atoms with van der Waals surface area (Å²) in [6.45, 7) is 0. The molecule has 0 N–H and O–H groups in total. The maximum absolute atomic E-state index is 5.08. The van der Waals surface area contributed by atoms with Gasteiger partial charge in [-0.1, -0.05) is 413 Å². The highest BCUT2D eigenvalue weighted by atomic mass is 15.0. The fraction of sp³-hybridized carbons (Fsp3) is 0.0159. The quantitative estimate of drug-likeness (QED) is 0.0943. The summed E-state index contributed by atoms with van der Waals surface area (Å²) >= 11 is 0. The molecule has 0 saturated carbocycles. The maximum atomic E-state index is 5.08. The van der Waals surface area contributed by atoms with Gasteiger partial charge in [-0.3, -0.25) is 9.97 Å². The first kappa shape index (κ1) is 79.7. The number of aromatic nitrogens is 8. The highest BCUT2D eigenvalue weighted by Crippen LogP contribution is 2.64. The maximum Gasteiger partial charge on any atom is 0.165 e. The van der Waals surface area contributed by atoms with E-state index in [1.807, 2.05) is 122 Å². The standard InChI is InChI=1S/C63H40N4.C63H42N4/c1-3-16-41(17-4-1)59-35-33-50(40-64-59)62-66-60(42-18-5-2-6-19-42)65-61(67-62)49-25-15-24-47(38-49)45-22-13-20-43(36-45)44-21-14-23-46(37-44)48-32-34-54-53-28-9-12-31-57(53)63(58(54)39-48)55-29-10-7-26-51(55)52-27-8-11-30-56(52)63;1-4-17-44(18-5-1)60-65-61(45-34-32-43(33-35-45)59-31-12-13-38-64-59)67-62(66-60)52-24-16-23-50(41-52)48-21-14-19-46(39-48)47-20-15-22-49(40-47)51-36-37-56-55-29-10-11-30-57(55)63(58(56)42-51,53-25-6-2-7-26-53)54-27-8-3-9-28-54/h1-40H;1-42H. The minimum atomic E-state index is -0.455. The highest BCUT2D eigenvalue weighted by Gasteiger charge is 2.52. The molecule has 626 valence electrons. The van der Waals surface area contributed by atoms with E-state index in [-0.39, 0.29) is 5.41 Å². The molecule has 0 atom stereocenters. The molecule has 25 rings (SSSR count). The molecule has 3 aliphatic carbocycles. The van der Waals surface area contributed by atoms with Crippen molar-refractivity contribution < 1.29 is 0 Å². The summed E-state index contributed by atoms with van der Waals surface area (Å²) in [5.41, 5.74) is 40.5. The smallest absolute Gasteiger partial charge is 0.165 e. The Kier molecular flexibility index (Phi) is 20.2. The molecule has 18 aromatic carbocycles. The molecule has 0 bridgehead atoms. The number of hydrogen-bond donors (Lipinski definition) is 0. The molecule has 0 radical (unpaired) electrons. The van der Waals surface area contributed by atoms with Crippen LogP contribution in [0.5, 0.6) is 0 Å². The van der Waals surface area contributed by atoms with Crippen LogP contribution in [-0.2, 0) is 10.8 Å². The van der Waals surface area contributed by atoms with E-state index < -0.39 is 5.41 Å². The Bertz CT molecular complexity index is 7710. The molecule has 22 aromatic rings. The van der Waals surface area contributed by atoms with Gasteiger partial charge in [0.25, 0.3) is 0 Å². The van der Waals surface area contributed by atoms with E-state index in [1.54, 1.807) is 0 Å². The Morgan fingerprint density at radius 2 is 0.373 bits per heavy atom. The Balaban J connectivity index is 0.000000147. The second-order valence-corrected chi connectivity index (χ2v) is 34.4. The minimum Gasteiger partial charge on any atom is -0.256 e. The predicted molar refractivity (Wildman–Crippen MR) is 545 cm³/mol. The van der Waals surface area contributed by atoms with E-state index >= 15 is 0 Å². The van der Waals surface area contributed by atoms with Crippen LogP contribution in [0.2, 0.25) is 0 Å². The number of pyridine rings is 2. The lowest BCUT2D eigenvalue weighted by Crippen LogP contribution is -2.28. The summed E-state index contributed by atoms with van der Waals surface area (Å²) in [4.78, 5) is 39.5. The van der Waals surface area contributed by atoms with Crippen molar-refractivity contribution in [2.24, 2.45) is 0 Å². The lowest BCUT2D eigenvalue weighted by Gasteiger charge is -2.34. The van der Waals surface area contributed by atoms with Crippen LogP contribution in [0.25, 0.3) is 191 Å². The van der Waals surface area contributed by atoms with Crippen molar-refractivity contribution in [3.63, 3.8) is 0 Å². The first-order chi connectivity index (χ1) is 66.4. The summed E-state index contributed by atoms with van der Waals surface area (Å²) in [7, 11) is 0. The van der Waals surface area contributed by atoms with Gasteiger partial charge in [-0.25, -0.2) is 29.9 Å². The Hall–Kier alpha value is -17.7. The number of rotatable bonds is 16. The van der Waals surface area contributed by atoms with Crippen LogP contribution in [0, 0.1) is 0 Å². The zero-order valence-corrected chi connectivity index (χ0v) is 72.9. The second-order valence-electron chi connectivity index (χ2n) is 34.4. The molecule has 0 saturated heterocycles. The Morgan fingerprint density at radius 3 is 0.731 bits per heavy atom. The van der Waals surface area contributed by atoms with Crippen LogP contribution in [0.4, 0.5) is 0 Å². The first-order valence-corrected chi connectivity index (χ1v) is 45.5. The van der Waals surface area contributed by atoms with Gasteiger partial charge in [-0.05, 0) is 217 Å². The van der Waals surface area contributed by atoms with E-state index in [1.165, 1.54) is 100 Å². The van der Waals surface area contributed by atoms with Crippen molar-refractivity contribution >= 4 is 0 Å². The molecule has 0 aliphatic heterocycles. The van der Waals surface area contributed by atoms with Crippen LogP contribution in [0.15, 0.2) is 498 Å². The van der Waals surface area contributed by atoms with Gasteiger partial charge in [0.2, 0.25) is 0 Å². The van der Waals surface area contributed by atoms with Crippen molar-refractivity contribution in [2.75, 3.05) is 0 Å². The molecule has 3 aliphatic rings. The number of benzene rings is 18. The molecule has 8 heteroatoms. The van der Waals surface area contributed by atoms with Crippen LogP contribution in [0.3, 0.4) is 0 Å². The summed E-state index contributed by atoms with van der Waals surface area (Å²) in [5, 5.41) is 0. The molecule has 0 fully saturated rings. The van der Waals surface area contributed by atoms with Crippen molar-refractivity contribution in [2.45, 2.75) is 10.8 Å². The SMILES string of the molecule is c1ccc(-c2ccc(-c3nc(-c4ccccc4)nc(-c4cccc(-c5cccc(-c6cccc(-c7ccc8c(c7)C7(c9ccccc9-c9ccccc97)c7ccccc7-8)c6)c5)c4)n3)cn2)cc1.c1ccc(-c2nc(-c3ccc(-c4ccccn4)cc3)nc(-c3cccc(-c4cccc(-c5cccc(-c6ccc7c(c6)C(c6ccccc6)(c6ccccc6)c6ccccc6-7)c5)c4)c3)n2)cc1. The molecule has 0 unspecified atom stereocenters. The third-order valence-electron chi connectivity index (χ3n) is 26.7. The van der Waals surface area contributed by atoms with Crippen molar-refractivity contribution in [1.82, 2.24) is 39.9 Å². The normalized spacial score (nSPS) is 12.4. The van der Waals surface area contributed by atoms with Gasteiger partial charge in [0, 0.05) is 56.9 Å². The first-order valence-electron chi connectivity index (χ1n) is 45.5. The average Bonchev–Trinajstić information content (AvgIpc) is 1.51. The molecule has 4 heterocycles. The number of fused-ring (bicyclic) bond motifs is 13. The van der Waals surface area contributed by atoms with Gasteiger partial charge in [-0.15, -0.1) is 0 Å². The van der Waals surface area contributed by atoms with Crippen molar-refractivity contribution in [3.05, 3.63) is 542 Å². The van der Waals surface area contributed by atoms with E-state index in [0.29, 0.717) is 34.9 Å². The molecule has 8 nitrogen and oxygen atoms in total. The zero-order chi connectivity index (χ0) is 88.9. The summed E-state index contributed by atoms with van der Waals surface area (Å²) in [5.74, 6) is 3.64. The summed E-state index contributed by atoms with van der Waals surface area (Å²) in [6, 6.07) is 173. The monoisotopic (exact) mass is 1710 g/mol. The fourth-order valence-electron chi connectivity index (χ4n) is 20.4. The molecule has 0 amide bonds. The molecular weight excluding hydrogens is 1630 g/mol. The van der Waals surface area contributed by atoms with Crippen LogP contribution >= 0.6 is 0 Å². The largest absolute Gasteiger partial charge is 0.256 e. The zero-order valence-electron chi connectivity index (χ0n) is 72.9. The highest BCUT2D eigenvalue weighted by molar-refractivity contribution is 5.97. The lowest BCUT2D eigenvalue weighted by atomic mass is 9.67. The van der Waals surface area contributed by atoms with Crippen molar-refractivity contribution in [1.29, 1.82) is 0 Å². The van der Waals surface area contributed by atoms with Crippen LogP contribution in [-0.4, -0.2) is 39.9 Å². The molecule has 134 heavy (non-hydrogen) atoms. The minimum absolute atomic E-state index is 0.382. The number of nitrogens with zero attached hydrogens (tertiary/aromatic N) is 8. The van der Waals surface area contributed by atoms with Crippen LogP contribution in [0.1, 0.15) is 44.5 Å². The summed E-state index contributed by atoms with van der Waals surface area (Å²) in [6.07, 6.45) is 3.66. The van der Waals surface area contributed by atoms with Gasteiger partial charge in [0.1, 0.15) is 0 Å². The third-order valence-corrected chi connectivity index (χ3v) is 26.7. The molecule has 4 aromatic heterocycles. The molecular formula is C126H82N8. The number of hydrogen-bond acceptors (Lipinski definition) is 8. The van der Waals surface area contributed by atoms with Gasteiger partial charge >= 0.3 is 0 Å². The topological polar surface area (TPSA) is 103 Å². The second kappa shape index (κ2) is 34.0. The summed E-state index contributed by atoms with van der Waals surface area (Å²) < 4.78 is 0. The van der Waals surface area contributed by atoms with Gasteiger partial charge in [0.05, 0.1) is 22.2 Å². The Morgan fingerprint density at radius 1 is 0.134 bits per heavy atom. The van der Waals surface area contributed by atoms with Gasteiger partial charge in [-0.2, -0.15) is 0 Å². The van der Waals surface area contributed by atoms with E-state index in [9.17, 15) is 0 Å². The van der Waals surface area contributed by atoms with E-state index in [0.717, 1.165) is 100 Å².